The molecule has 0 saturated heterocycles. The maximum Gasteiger partial charge on any atom is 0.193 e. The first-order chi connectivity index (χ1) is 11.0. The van der Waals surface area contributed by atoms with Gasteiger partial charge in [0.2, 0.25) is 0 Å². The molecule has 2 aromatic carbocycles. The fourth-order valence-electron chi connectivity index (χ4n) is 2.08. The molecule has 4 nitrogen and oxygen atoms in total. The van der Waals surface area contributed by atoms with Crippen LogP contribution in [0.15, 0.2) is 53.5 Å². The zero-order valence-electron chi connectivity index (χ0n) is 14.5. The van der Waals surface area contributed by atoms with Gasteiger partial charge >= 0.3 is 0 Å². The minimum absolute atomic E-state index is 0. The maximum atomic E-state index is 5.95. The van der Waals surface area contributed by atoms with Crippen LogP contribution in [0.5, 0.6) is 5.75 Å². The highest BCUT2D eigenvalue weighted by atomic mass is 127. The van der Waals surface area contributed by atoms with Crippen LogP contribution in [0.4, 0.5) is 5.69 Å². The number of aliphatic imine (C=N–C) groups is 1. The van der Waals surface area contributed by atoms with Gasteiger partial charge in [-0.2, -0.15) is 0 Å². The summed E-state index contributed by atoms with van der Waals surface area (Å²) in [4.78, 5) is 4.38. The number of halogens is 1. The number of benzene rings is 2. The van der Waals surface area contributed by atoms with Crippen molar-refractivity contribution in [3.8, 4) is 5.75 Å². The molecule has 0 saturated carbocycles. The van der Waals surface area contributed by atoms with Crippen LogP contribution in [-0.2, 0) is 6.54 Å². The van der Waals surface area contributed by atoms with Gasteiger partial charge in [-0.15, -0.1) is 24.0 Å². The first-order valence-electron chi connectivity index (χ1n) is 7.88. The zero-order chi connectivity index (χ0) is 16.7. The Bertz CT molecular complexity index is 671. The van der Waals surface area contributed by atoms with Crippen LogP contribution in [0.25, 0.3) is 0 Å². The number of guanidine groups is 1. The van der Waals surface area contributed by atoms with Gasteiger partial charge in [-0.25, -0.2) is 4.99 Å². The highest BCUT2D eigenvalue weighted by molar-refractivity contribution is 14.0. The van der Waals surface area contributed by atoms with Crippen molar-refractivity contribution in [2.75, 3.05) is 11.9 Å². The van der Waals surface area contributed by atoms with Crippen molar-refractivity contribution < 1.29 is 4.74 Å². The number of anilines is 1. The summed E-state index contributed by atoms with van der Waals surface area (Å²) in [6.45, 7) is 7.53. The molecule has 0 atom stereocenters. The molecule has 0 spiro atoms. The van der Waals surface area contributed by atoms with E-state index in [1.165, 1.54) is 5.56 Å². The first-order valence-corrected chi connectivity index (χ1v) is 7.88. The molecule has 0 amide bonds. The van der Waals surface area contributed by atoms with E-state index in [0.29, 0.717) is 25.0 Å². The molecule has 0 unspecified atom stereocenters. The van der Waals surface area contributed by atoms with Crippen LogP contribution in [0.1, 0.15) is 25.0 Å². The van der Waals surface area contributed by atoms with Gasteiger partial charge in [0.05, 0.1) is 13.2 Å². The van der Waals surface area contributed by atoms with Crippen molar-refractivity contribution in [3.05, 3.63) is 59.7 Å². The minimum atomic E-state index is 0. The molecule has 0 radical (unpaired) electrons. The third kappa shape index (κ3) is 7.21. The summed E-state index contributed by atoms with van der Waals surface area (Å²) in [6.07, 6.45) is 0. The Morgan fingerprint density at radius 1 is 1.17 bits per heavy atom. The average molecular weight is 439 g/mol. The summed E-state index contributed by atoms with van der Waals surface area (Å²) in [6, 6.07) is 16.0. The molecule has 3 N–H and O–H groups in total. The lowest BCUT2D eigenvalue weighted by Gasteiger charge is -2.10. The van der Waals surface area contributed by atoms with E-state index in [2.05, 4.69) is 24.2 Å². The summed E-state index contributed by atoms with van der Waals surface area (Å²) in [7, 11) is 0. The van der Waals surface area contributed by atoms with Crippen LogP contribution >= 0.6 is 24.0 Å². The van der Waals surface area contributed by atoms with Crippen LogP contribution < -0.4 is 15.8 Å². The average Bonchev–Trinajstić information content (AvgIpc) is 2.51. The van der Waals surface area contributed by atoms with Gasteiger partial charge in [0, 0.05) is 5.69 Å². The van der Waals surface area contributed by atoms with Gasteiger partial charge in [-0.3, -0.25) is 0 Å². The number of hydrogen-bond acceptors (Lipinski definition) is 2. The second-order valence-electron chi connectivity index (χ2n) is 6.05. The lowest BCUT2D eigenvalue weighted by Crippen LogP contribution is -2.22. The fourth-order valence-corrected chi connectivity index (χ4v) is 2.08. The molecule has 0 aliphatic rings. The Morgan fingerprint density at radius 3 is 2.62 bits per heavy atom. The van der Waals surface area contributed by atoms with Crippen molar-refractivity contribution in [1.82, 2.24) is 0 Å². The van der Waals surface area contributed by atoms with E-state index in [-0.39, 0.29) is 24.0 Å². The molecule has 24 heavy (non-hydrogen) atoms. The van der Waals surface area contributed by atoms with Gasteiger partial charge < -0.3 is 15.8 Å². The molecule has 0 aliphatic heterocycles. The lowest BCUT2D eigenvalue weighted by molar-refractivity contribution is 0.271. The molecule has 2 aromatic rings. The predicted molar refractivity (Wildman–Crippen MR) is 112 cm³/mol. The van der Waals surface area contributed by atoms with Crippen LogP contribution in [0, 0.1) is 12.8 Å². The summed E-state index contributed by atoms with van der Waals surface area (Å²) >= 11 is 0. The largest absolute Gasteiger partial charge is 0.493 e. The second-order valence-corrected chi connectivity index (χ2v) is 6.05. The zero-order valence-corrected chi connectivity index (χ0v) is 16.8. The Kier molecular flexibility index (Phi) is 8.60. The Balaban J connectivity index is 0.00000288. The number of hydrogen-bond donors (Lipinski definition) is 2. The fraction of sp³-hybridized carbons (Fsp3) is 0.316. The molecule has 0 fully saturated rings. The minimum Gasteiger partial charge on any atom is -0.493 e. The molecule has 130 valence electrons. The third-order valence-corrected chi connectivity index (χ3v) is 3.20. The first kappa shape index (κ1) is 20.3. The monoisotopic (exact) mass is 439 g/mol. The molecule has 5 heteroatoms. The van der Waals surface area contributed by atoms with E-state index in [0.717, 1.165) is 17.0 Å². The molecule has 0 bridgehead atoms. The standard InChI is InChI=1S/C19H25N3O.HI/c1-14(2)13-23-18-9-5-7-16(11-18)12-21-19(20)22-17-8-4-6-15(3)10-17;/h4-11,14H,12-13H2,1-3H3,(H3,20,21,22);1H. The molecular formula is C19H26IN3O. The molecular weight excluding hydrogens is 413 g/mol. The summed E-state index contributed by atoms with van der Waals surface area (Å²) in [5, 5.41) is 3.10. The van der Waals surface area contributed by atoms with Gasteiger partial charge in [-0.05, 0) is 48.2 Å². The van der Waals surface area contributed by atoms with Crippen LogP contribution in [-0.4, -0.2) is 12.6 Å². The summed E-state index contributed by atoms with van der Waals surface area (Å²) in [5.41, 5.74) is 9.14. The number of ether oxygens (including phenoxy) is 1. The second kappa shape index (κ2) is 10.2. The van der Waals surface area contributed by atoms with Gasteiger partial charge in [-0.1, -0.05) is 38.1 Å². The number of nitrogens with two attached hydrogens (primary N) is 1. The van der Waals surface area contributed by atoms with Crippen molar-refractivity contribution in [3.63, 3.8) is 0 Å². The van der Waals surface area contributed by atoms with Gasteiger partial charge in [0.1, 0.15) is 5.75 Å². The Hall–Kier alpha value is -1.76. The smallest absolute Gasteiger partial charge is 0.193 e. The van der Waals surface area contributed by atoms with Crippen molar-refractivity contribution in [2.24, 2.45) is 16.6 Å². The number of nitrogens with one attached hydrogen (secondary N) is 1. The lowest BCUT2D eigenvalue weighted by atomic mass is 10.2. The molecule has 0 aliphatic carbocycles. The normalized spacial score (nSPS) is 11.1. The van der Waals surface area contributed by atoms with E-state index >= 15 is 0 Å². The third-order valence-electron chi connectivity index (χ3n) is 3.20. The van der Waals surface area contributed by atoms with Gasteiger partial charge in [0.15, 0.2) is 5.96 Å². The maximum absolute atomic E-state index is 5.95. The Labute approximate surface area is 161 Å². The highest BCUT2D eigenvalue weighted by Gasteiger charge is 2.00. The Morgan fingerprint density at radius 2 is 1.92 bits per heavy atom. The highest BCUT2D eigenvalue weighted by Crippen LogP contribution is 2.15. The number of aryl methyl sites for hydroxylation is 1. The summed E-state index contributed by atoms with van der Waals surface area (Å²) < 4.78 is 5.73. The van der Waals surface area contributed by atoms with Crippen molar-refractivity contribution in [1.29, 1.82) is 0 Å². The SMILES string of the molecule is Cc1cccc(NC(N)=NCc2cccc(OCC(C)C)c2)c1.I. The van der Waals surface area contributed by atoms with Crippen molar-refractivity contribution in [2.45, 2.75) is 27.3 Å². The molecule has 0 aromatic heterocycles. The van der Waals surface area contributed by atoms with E-state index in [1.54, 1.807) is 0 Å². The van der Waals surface area contributed by atoms with E-state index in [9.17, 15) is 0 Å². The summed E-state index contributed by atoms with van der Waals surface area (Å²) in [5.74, 6) is 1.78. The van der Waals surface area contributed by atoms with Crippen LogP contribution in [0.2, 0.25) is 0 Å². The van der Waals surface area contributed by atoms with E-state index in [1.807, 2.05) is 55.5 Å². The predicted octanol–water partition coefficient (Wildman–Crippen LogP) is 4.57. The van der Waals surface area contributed by atoms with Gasteiger partial charge in [0.25, 0.3) is 0 Å². The quantitative estimate of drug-likeness (QED) is 0.394. The van der Waals surface area contributed by atoms with Crippen molar-refractivity contribution >= 4 is 35.6 Å². The molecule has 0 heterocycles. The molecule has 2 rings (SSSR count). The number of nitrogens with zero attached hydrogens (tertiary/aromatic N) is 1. The topological polar surface area (TPSA) is 59.6 Å². The number of rotatable bonds is 6. The van der Waals surface area contributed by atoms with E-state index < -0.39 is 0 Å². The van der Waals surface area contributed by atoms with Crippen LogP contribution in [0.3, 0.4) is 0 Å². The van der Waals surface area contributed by atoms with E-state index in [4.69, 9.17) is 10.5 Å².